The fourth-order valence-corrected chi connectivity index (χ4v) is 4.07. The second-order valence-corrected chi connectivity index (χ2v) is 8.30. The van der Waals surface area contributed by atoms with Gasteiger partial charge in [0.15, 0.2) is 18.3 Å². The van der Waals surface area contributed by atoms with Crippen LogP contribution in [0, 0.1) is 18.6 Å². The maximum atomic E-state index is 15.3. The molecular weight excluding hydrogens is 460 g/mol. The number of benzene rings is 1. The van der Waals surface area contributed by atoms with Gasteiger partial charge in [-0.25, -0.2) is 18.6 Å². The predicted octanol–water partition coefficient (Wildman–Crippen LogP) is 4.10. The molecule has 0 aliphatic carbocycles. The molecule has 35 heavy (non-hydrogen) atoms. The van der Waals surface area contributed by atoms with Gasteiger partial charge in [-0.2, -0.15) is 10.2 Å². The van der Waals surface area contributed by atoms with E-state index in [9.17, 15) is 9.18 Å². The van der Waals surface area contributed by atoms with Crippen molar-refractivity contribution >= 4 is 11.7 Å². The van der Waals surface area contributed by atoms with Crippen LogP contribution in [0.2, 0.25) is 0 Å². The summed E-state index contributed by atoms with van der Waals surface area (Å²) in [6.45, 7) is 2.36. The van der Waals surface area contributed by atoms with Crippen LogP contribution in [-0.4, -0.2) is 62.7 Å². The highest BCUT2D eigenvalue weighted by Gasteiger charge is 2.32. The van der Waals surface area contributed by atoms with Crippen LogP contribution in [0.25, 0.3) is 28.0 Å². The number of imidazole rings is 1. The largest absolute Gasteiger partial charge is 0.467 e. The first-order valence-electron chi connectivity index (χ1n) is 10.8. The molecular formula is C24H21F2N5O4. The Morgan fingerprint density at radius 1 is 1.11 bits per heavy atom. The Balaban J connectivity index is 1.50. The highest BCUT2D eigenvalue weighted by atomic mass is 19.1. The summed E-state index contributed by atoms with van der Waals surface area (Å²) < 4.78 is 42.1. The summed E-state index contributed by atoms with van der Waals surface area (Å²) in [5, 5.41) is 17.4. The van der Waals surface area contributed by atoms with E-state index in [1.807, 2.05) is 0 Å². The first-order valence-corrected chi connectivity index (χ1v) is 10.8. The summed E-state index contributed by atoms with van der Waals surface area (Å²) in [6, 6.07) is 7.39. The maximum absolute atomic E-state index is 15.3. The maximum Gasteiger partial charge on any atom is 0.407 e. The van der Waals surface area contributed by atoms with E-state index < -0.39 is 17.7 Å². The Morgan fingerprint density at radius 2 is 1.91 bits per heavy atom. The number of nitrogens with zero attached hydrogens (tertiary/aromatic N) is 5. The standard InChI is InChI=1S/C24H21F2N5O4/c1-13-8-30-9-14(5-19(26)23(30)27-13)16-7-22(35-12-34-2)17(6-18(16)25)21-4-3-20(28-29-21)15-10-31(11-15)24(32)33/h3-9,15H,10-12H2,1-2H3,(H,32,33). The summed E-state index contributed by atoms with van der Waals surface area (Å²) >= 11 is 0. The number of fused-ring (bicyclic) bond motifs is 1. The molecule has 1 fully saturated rings. The van der Waals surface area contributed by atoms with Crippen LogP contribution in [0.3, 0.4) is 0 Å². The lowest BCUT2D eigenvalue weighted by Gasteiger charge is -2.36. The Kier molecular flexibility index (Phi) is 5.77. The van der Waals surface area contributed by atoms with Crippen LogP contribution >= 0.6 is 0 Å². The van der Waals surface area contributed by atoms with Crippen LogP contribution in [0.5, 0.6) is 5.75 Å². The number of amides is 1. The molecule has 3 aromatic heterocycles. The van der Waals surface area contributed by atoms with Crippen molar-refractivity contribution in [3.05, 3.63) is 65.7 Å². The smallest absolute Gasteiger partial charge is 0.407 e. The van der Waals surface area contributed by atoms with Crippen molar-refractivity contribution in [3.63, 3.8) is 0 Å². The summed E-state index contributed by atoms with van der Waals surface area (Å²) in [6.07, 6.45) is 2.29. The van der Waals surface area contributed by atoms with Gasteiger partial charge in [0.25, 0.3) is 0 Å². The molecule has 1 aliphatic rings. The predicted molar refractivity (Wildman–Crippen MR) is 121 cm³/mol. The van der Waals surface area contributed by atoms with Crippen molar-refractivity contribution in [1.29, 1.82) is 0 Å². The quantitative estimate of drug-likeness (QED) is 0.414. The summed E-state index contributed by atoms with van der Waals surface area (Å²) in [5.41, 5.74) is 2.62. The number of likely N-dealkylation sites (tertiary alicyclic amines) is 1. The van der Waals surface area contributed by atoms with Crippen LogP contribution in [-0.2, 0) is 4.74 Å². The number of pyridine rings is 1. The molecule has 0 spiro atoms. The third kappa shape index (κ3) is 4.26. The molecule has 0 unspecified atom stereocenters. The number of methoxy groups -OCH3 is 1. The summed E-state index contributed by atoms with van der Waals surface area (Å²) in [4.78, 5) is 16.4. The highest BCUT2D eigenvalue weighted by Crippen LogP contribution is 2.36. The van der Waals surface area contributed by atoms with Crippen molar-refractivity contribution in [2.24, 2.45) is 0 Å². The molecule has 1 amide bonds. The van der Waals surface area contributed by atoms with E-state index in [1.54, 1.807) is 31.5 Å². The van der Waals surface area contributed by atoms with Gasteiger partial charge in [-0.15, -0.1) is 0 Å². The number of hydrogen-bond acceptors (Lipinski definition) is 6. The number of aryl methyl sites for hydroxylation is 1. The fourth-order valence-electron chi connectivity index (χ4n) is 4.07. The molecule has 4 aromatic rings. The van der Waals surface area contributed by atoms with Crippen LogP contribution in [0.4, 0.5) is 13.6 Å². The Bertz CT molecular complexity index is 1420. The molecule has 11 heteroatoms. The van der Waals surface area contributed by atoms with Gasteiger partial charge in [0.05, 0.1) is 17.1 Å². The van der Waals surface area contributed by atoms with E-state index >= 15 is 4.39 Å². The van der Waals surface area contributed by atoms with Gasteiger partial charge in [-0.05, 0) is 37.3 Å². The summed E-state index contributed by atoms with van der Waals surface area (Å²) in [5.74, 6) is -0.916. The van der Waals surface area contributed by atoms with Gasteiger partial charge in [0, 0.05) is 55.2 Å². The number of ether oxygens (including phenoxy) is 2. The number of halogens is 2. The Morgan fingerprint density at radius 3 is 2.60 bits per heavy atom. The second kappa shape index (κ2) is 8.91. The van der Waals surface area contributed by atoms with Crippen molar-refractivity contribution in [2.45, 2.75) is 12.8 Å². The van der Waals surface area contributed by atoms with E-state index in [0.717, 1.165) is 0 Å². The Labute approximate surface area is 198 Å². The highest BCUT2D eigenvalue weighted by molar-refractivity contribution is 5.75. The number of aromatic nitrogens is 4. The van der Waals surface area contributed by atoms with Gasteiger partial charge in [0.1, 0.15) is 11.6 Å². The van der Waals surface area contributed by atoms with E-state index in [-0.39, 0.29) is 29.7 Å². The third-order valence-electron chi connectivity index (χ3n) is 5.87. The van der Waals surface area contributed by atoms with Crippen LogP contribution < -0.4 is 4.74 Å². The molecule has 9 nitrogen and oxygen atoms in total. The second-order valence-electron chi connectivity index (χ2n) is 8.30. The van der Waals surface area contributed by atoms with E-state index in [2.05, 4.69) is 15.2 Å². The van der Waals surface area contributed by atoms with Gasteiger partial charge in [0.2, 0.25) is 0 Å². The summed E-state index contributed by atoms with van der Waals surface area (Å²) in [7, 11) is 1.46. The first kappa shape index (κ1) is 22.7. The number of rotatable bonds is 6. The van der Waals surface area contributed by atoms with Gasteiger partial charge in [-0.3, -0.25) is 0 Å². The topological polar surface area (TPSA) is 102 Å². The van der Waals surface area contributed by atoms with Crippen LogP contribution in [0.15, 0.2) is 42.7 Å². The van der Waals surface area contributed by atoms with E-state index in [1.165, 1.54) is 34.6 Å². The Hall–Kier alpha value is -4.12. The lowest BCUT2D eigenvalue weighted by molar-refractivity contribution is 0.0515. The monoisotopic (exact) mass is 481 g/mol. The zero-order valence-corrected chi connectivity index (χ0v) is 18.9. The van der Waals surface area contributed by atoms with Crippen LogP contribution in [0.1, 0.15) is 17.3 Å². The normalized spacial score (nSPS) is 13.8. The molecule has 0 bridgehead atoms. The molecule has 0 saturated carbocycles. The van der Waals surface area contributed by atoms with Gasteiger partial charge >= 0.3 is 6.09 Å². The molecule has 0 radical (unpaired) electrons. The fraction of sp³-hybridized carbons (Fsp3) is 0.250. The van der Waals surface area contributed by atoms with Gasteiger partial charge in [-0.1, -0.05) is 0 Å². The zero-order chi connectivity index (χ0) is 24.7. The van der Waals surface area contributed by atoms with E-state index in [0.29, 0.717) is 41.3 Å². The lowest BCUT2D eigenvalue weighted by atomic mass is 9.96. The minimum atomic E-state index is -0.969. The molecule has 1 saturated heterocycles. The van der Waals surface area contributed by atoms with Crippen molar-refractivity contribution < 1.29 is 28.2 Å². The average molecular weight is 481 g/mol. The average Bonchev–Trinajstić information content (AvgIpc) is 3.18. The van der Waals surface area contributed by atoms with Crippen molar-refractivity contribution in [1.82, 2.24) is 24.5 Å². The van der Waals surface area contributed by atoms with Crippen molar-refractivity contribution in [2.75, 3.05) is 27.0 Å². The molecule has 4 heterocycles. The zero-order valence-electron chi connectivity index (χ0n) is 18.9. The number of carbonyl (C=O) groups is 1. The molecule has 5 rings (SSSR count). The molecule has 1 aromatic carbocycles. The van der Waals surface area contributed by atoms with Crippen molar-refractivity contribution in [3.8, 4) is 28.1 Å². The third-order valence-corrected chi connectivity index (χ3v) is 5.87. The number of carboxylic acid groups (broad SMARTS) is 1. The molecule has 1 N–H and O–H groups in total. The minimum absolute atomic E-state index is 0.0346. The van der Waals surface area contributed by atoms with Gasteiger partial charge < -0.3 is 23.9 Å². The minimum Gasteiger partial charge on any atom is -0.467 e. The molecule has 0 atom stereocenters. The molecule has 1 aliphatic heterocycles. The number of hydrogen-bond donors (Lipinski definition) is 1. The lowest BCUT2D eigenvalue weighted by Crippen LogP contribution is -2.48. The van der Waals surface area contributed by atoms with E-state index in [4.69, 9.17) is 14.6 Å². The first-order chi connectivity index (χ1) is 16.8. The molecule has 180 valence electrons. The SMILES string of the molecule is COCOc1cc(-c2cc(F)c3nc(C)cn3c2)c(F)cc1-c1ccc(C2CN(C(=O)O)C2)nn1.